The zero-order chi connectivity index (χ0) is 13.8. The molecule has 1 aromatic heterocycles. The Labute approximate surface area is 120 Å². The van der Waals surface area contributed by atoms with Crippen LogP contribution in [0.25, 0.3) is 0 Å². The highest BCUT2D eigenvalue weighted by molar-refractivity contribution is 7.98. The molecule has 1 heterocycles. The fourth-order valence-electron chi connectivity index (χ4n) is 1.46. The number of methoxy groups -OCH3 is 1. The highest BCUT2D eigenvalue weighted by Crippen LogP contribution is 2.29. The Bertz CT molecular complexity index is 594. The molecule has 0 aliphatic heterocycles. The standard InChI is InChI=1S/C12H13ClN4OS/c1-18-7-3-4-8(13)9(5-7)15-11-6-10(14)16-12(17-11)19-2/h3-6H,1-2H3,(H3,14,15,16,17). The van der Waals surface area contributed by atoms with Crippen LogP contribution in [-0.2, 0) is 0 Å². The molecule has 19 heavy (non-hydrogen) atoms. The number of nitrogens with two attached hydrogens (primary N) is 1. The second kappa shape index (κ2) is 5.99. The van der Waals surface area contributed by atoms with E-state index in [1.54, 1.807) is 31.4 Å². The van der Waals surface area contributed by atoms with Crippen LogP contribution >= 0.6 is 23.4 Å². The lowest BCUT2D eigenvalue weighted by Gasteiger charge is -2.10. The summed E-state index contributed by atoms with van der Waals surface area (Å²) in [6.07, 6.45) is 1.89. The van der Waals surface area contributed by atoms with E-state index in [0.29, 0.717) is 33.3 Å². The number of nitrogens with one attached hydrogen (secondary N) is 1. The molecular formula is C12H13ClN4OS. The van der Waals surface area contributed by atoms with Crippen LogP contribution < -0.4 is 15.8 Å². The number of nitrogens with zero attached hydrogens (tertiary/aromatic N) is 2. The molecule has 0 bridgehead atoms. The molecule has 2 rings (SSSR count). The Balaban J connectivity index is 2.32. The van der Waals surface area contributed by atoms with Crippen molar-refractivity contribution in [3.05, 3.63) is 29.3 Å². The fourth-order valence-corrected chi connectivity index (χ4v) is 2.01. The molecule has 5 nitrogen and oxygen atoms in total. The van der Waals surface area contributed by atoms with Crippen molar-refractivity contribution in [3.8, 4) is 5.75 Å². The van der Waals surface area contributed by atoms with Crippen molar-refractivity contribution in [3.63, 3.8) is 0 Å². The van der Waals surface area contributed by atoms with Gasteiger partial charge in [0.2, 0.25) is 0 Å². The van der Waals surface area contributed by atoms with Gasteiger partial charge in [0.25, 0.3) is 0 Å². The predicted molar refractivity (Wildman–Crippen MR) is 79.5 cm³/mol. The van der Waals surface area contributed by atoms with E-state index in [9.17, 15) is 0 Å². The Morgan fingerprint density at radius 3 is 2.79 bits per heavy atom. The summed E-state index contributed by atoms with van der Waals surface area (Å²) in [4.78, 5) is 8.39. The molecule has 0 aliphatic carbocycles. The van der Waals surface area contributed by atoms with E-state index in [-0.39, 0.29) is 0 Å². The average molecular weight is 297 g/mol. The second-order valence-corrected chi connectivity index (χ2v) is 4.82. The summed E-state index contributed by atoms with van der Waals surface area (Å²) in [6.45, 7) is 0. The summed E-state index contributed by atoms with van der Waals surface area (Å²) in [6, 6.07) is 6.98. The van der Waals surface area contributed by atoms with E-state index < -0.39 is 0 Å². The van der Waals surface area contributed by atoms with Crippen molar-refractivity contribution in [2.45, 2.75) is 5.16 Å². The average Bonchev–Trinajstić information content (AvgIpc) is 2.40. The number of thioether (sulfide) groups is 1. The second-order valence-electron chi connectivity index (χ2n) is 3.64. The zero-order valence-electron chi connectivity index (χ0n) is 10.5. The van der Waals surface area contributed by atoms with Gasteiger partial charge in [0.05, 0.1) is 17.8 Å². The van der Waals surface area contributed by atoms with E-state index >= 15 is 0 Å². The molecule has 0 fully saturated rings. The first-order valence-corrected chi connectivity index (χ1v) is 7.01. The van der Waals surface area contributed by atoms with Gasteiger partial charge < -0.3 is 15.8 Å². The van der Waals surface area contributed by atoms with Crippen LogP contribution in [0.2, 0.25) is 5.02 Å². The molecule has 0 unspecified atom stereocenters. The number of hydrogen-bond acceptors (Lipinski definition) is 6. The first-order chi connectivity index (χ1) is 9.12. The van der Waals surface area contributed by atoms with Gasteiger partial charge in [-0.15, -0.1) is 0 Å². The number of ether oxygens (including phenoxy) is 1. The van der Waals surface area contributed by atoms with Crippen LogP contribution in [0.1, 0.15) is 0 Å². The van der Waals surface area contributed by atoms with E-state index in [4.69, 9.17) is 22.1 Å². The summed E-state index contributed by atoms with van der Waals surface area (Å²) in [5, 5.41) is 4.28. The summed E-state index contributed by atoms with van der Waals surface area (Å²) in [5.41, 5.74) is 6.42. The Hall–Kier alpha value is -1.66. The van der Waals surface area contributed by atoms with E-state index in [0.717, 1.165) is 0 Å². The van der Waals surface area contributed by atoms with Crippen molar-refractivity contribution in [1.82, 2.24) is 9.97 Å². The maximum absolute atomic E-state index is 6.12. The molecule has 3 N–H and O–H groups in total. The smallest absolute Gasteiger partial charge is 0.191 e. The van der Waals surface area contributed by atoms with Crippen molar-refractivity contribution in [2.24, 2.45) is 0 Å². The Morgan fingerprint density at radius 2 is 2.11 bits per heavy atom. The summed E-state index contributed by atoms with van der Waals surface area (Å²) in [7, 11) is 1.60. The molecule has 7 heteroatoms. The molecular weight excluding hydrogens is 284 g/mol. The maximum atomic E-state index is 6.12. The van der Waals surface area contributed by atoms with Gasteiger partial charge in [0.15, 0.2) is 5.16 Å². The summed E-state index contributed by atoms with van der Waals surface area (Å²) in [5.74, 6) is 1.70. The van der Waals surface area contributed by atoms with Gasteiger partial charge in [-0.3, -0.25) is 0 Å². The van der Waals surface area contributed by atoms with E-state index in [1.807, 2.05) is 6.26 Å². The number of benzene rings is 1. The molecule has 0 spiro atoms. The minimum atomic E-state index is 0.404. The summed E-state index contributed by atoms with van der Waals surface area (Å²) >= 11 is 7.54. The van der Waals surface area contributed by atoms with Crippen LogP contribution in [0.5, 0.6) is 5.75 Å². The van der Waals surface area contributed by atoms with Gasteiger partial charge >= 0.3 is 0 Å². The third-order valence-corrected chi connectivity index (χ3v) is 3.22. The lowest BCUT2D eigenvalue weighted by molar-refractivity contribution is 0.415. The van der Waals surface area contributed by atoms with Gasteiger partial charge in [0, 0.05) is 12.1 Å². The molecule has 100 valence electrons. The molecule has 2 aromatic rings. The van der Waals surface area contributed by atoms with Gasteiger partial charge in [-0.05, 0) is 18.4 Å². The summed E-state index contributed by atoms with van der Waals surface area (Å²) < 4.78 is 5.16. The van der Waals surface area contributed by atoms with Crippen LogP contribution in [0.4, 0.5) is 17.3 Å². The first-order valence-electron chi connectivity index (χ1n) is 5.41. The normalized spacial score (nSPS) is 10.3. The minimum Gasteiger partial charge on any atom is -0.497 e. The lowest BCUT2D eigenvalue weighted by atomic mass is 10.3. The van der Waals surface area contributed by atoms with Crippen LogP contribution in [-0.4, -0.2) is 23.3 Å². The van der Waals surface area contributed by atoms with Gasteiger partial charge in [-0.1, -0.05) is 23.4 Å². The monoisotopic (exact) mass is 296 g/mol. The third-order valence-electron chi connectivity index (χ3n) is 2.34. The van der Waals surface area contributed by atoms with Gasteiger partial charge in [-0.25, -0.2) is 9.97 Å². The molecule has 0 atom stereocenters. The SMILES string of the molecule is COc1ccc(Cl)c(Nc2cc(N)nc(SC)n2)c1. The number of rotatable bonds is 4. The Morgan fingerprint density at radius 1 is 1.32 bits per heavy atom. The number of halogens is 1. The molecule has 0 amide bonds. The largest absolute Gasteiger partial charge is 0.497 e. The third kappa shape index (κ3) is 3.42. The number of anilines is 3. The Kier molecular flexibility index (Phi) is 4.34. The number of aromatic nitrogens is 2. The quantitative estimate of drug-likeness (QED) is 0.667. The highest BCUT2D eigenvalue weighted by atomic mass is 35.5. The molecule has 0 saturated carbocycles. The number of nitrogen functional groups attached to an aromatic ring is 1. The lowest BCUT2D eigenvalue weighted by Crippen LogP contribution is -2.00. The maximum Gasteiger partial charge on any atom is 0.191 e. The van der Waals surface area contributed by atoms with Crippen LogP contribution in [0.15, 0.2) is 29.4 Å². The van der Waals surface area contributed by atoms with Crippen molar-refractivity contribution in [2.75, 3.05) is 24.4 Å². The van der Waals surface area contributed by atoms with E-state index in [1.165, 1.54) is 11.8 Å². The van der Waals surface area contributed by atoms with Crippen molar-refractivity contribution >= 4 is 40.7 Å². The van der Waals surface area contributed by atoms with Crippen molar-refractivity contribution in [1.29, 1.82) is 0 Å². The van der Waals surface area contributed by atoms with Crippen LogP contribution in [0, 0.1) is 0 Å². The first kappa shape index (κ1) is 13.8. The topological polar surface area (TPSA) is 73.1 Å². The van der Waals surface area contributed by atoms with E-state index in [2.05, 4.69) is 15.3 Å². The number of hydrogen-bond donors (Lipinski definition) is 2. The highest BCUT2D eigenvalue weighted by Gasteiger charge is 2.06. The van der Waals surface area contributed by atoms with Crippen molar-refractivity contribution < 1.29 is 4.74 Å². The fraction of sp³-hybridized carbons (Fsp3) is 0.167. The molecule has 0 saturated heterocycles. The molecule has 0 aliphatic rings. The molecule has 0 radical (unpaired) electrons. The minimum absolute atomic E-state index is 0.404. The van der Waals surface area contributed by atoms with Crippen LogP contribution in [0.3, 0.4) is 0 Å². The molecule has 1 aromatic carbocycles. The van der Waals surface area contributed by atoms with Gasteiger partial charge in [-0.2, -0.15) is 0 Å². The zero-order valence-corrected chi connectivity index (χ0v) is 12.0. The predicted octanol–water partition coefficient (Wildman–Crippen LogP) is 3.19. The van der Waals surface area contributed by atoms with Gasteiger partial charge in [0.1, 0.15) is 17.4 Å².